The molecule has 1 amide bonds. The van der Waals surface area contributed by atoms with Gasteiger partial charge in [0.1, 0.15) is 0 Å². The smallest absolute Gasteiger partial charge is 0.223 e. The third-order valence-electron chi connectivity index (χ3n) is 2.94. The van der Waals surface area contributed by atoms with Crippen LogP contribution >= 0.6 is 0 Å². The van der Waals surface area contributed by atoms with Crippen molar-refractivity contribution in [3.05, 3.63) is 0 Å². The number of amides is 1. The van der Waals surface area contributed by atoms with Crippen molar-refractivity contribution < 1.29 is 4.79 Å². The van der Waals surface area contributed by atoms with Gasteiger partial charge in [0.05, 0.1) is 0 Å². The summed E-state index contributed by atoms with van der Waals surface area (Å²) in [5.74, 6) is 0.160. The molecular weight excluding hydrogens is 178 g/mol. The molecule has 1 unspecified atom stereocenters. The number of carbonyl (C=O) groups is 1. The molecular formula is C10H21N3O. The number of hydrogen-bond acceptors (Lipinski definition) is 3. The number of carbonyl (C=O) groups excluding carboxylic acids is 1. The fraction of sp³-hybridized carbons (Fsp3) is 0.900. The number of nitrogens with two attached hydrogens (primary N) is 1. The van der Waals surface area contributed by atoms with Gasteiger partial charge in [-0.15, -0.1) is 0 Å². The Morgan fingerprint density at radius 3 is 2.86 bits per heavy atom. The maximum atomic E-state index is 11.5. The second-order valence-electron chi connectivity index (χ2n) is 4.09. The van der Waals surface area contributed by atoms with Crippen LogP contribution in [0.2, 0.25) is 0 Å². The normalized spacial score (nSPS) is 22.6. The first-order valence-electron chi connectivity index (χ1n) is 5.29. The van der Waals surface area contributed by atoms with Gasteiger partial charge in [-0.25, -0.2) is 0 Å². The zero-order valence-electron chi connectivity index (χ0n) is 9.20. The third kappa shape index (κ3) is 2.96. The van der Waals surface area contributed by atoms with Crippen LogP contribution in [0.4, 0.5) is 0 Å². The molecule has 1 aliphatic rings. The summed E-state index contributed by atoms with van der Waals surface area (Å²) in [6, 6.07) is 0.543. The monoisotopic (exact) mass is 199 g/mol. The van der Waals surface area contributed by atoms with Crippen molar-refractivity contribution >= 4 is 5.91 Å². The fourth-order valence-corrected chi connectivity index (χ4v) is 1.94. The molecule has 0 bridgehead atoms. The molecule has 0 aromatic carbocycles. The molecule has 0 aliphatic carbocycles. The van der Waals surface area contributed by atoms with Crippen molar-refractivity contribution in [2.45, 2.75) is 25.3 Å². The molecule has 4 heteroatoms. The average molecular weight is 199 g/mol. The maximum Gasteiger partial charge on any atom is 0.223 e. The van der Waals surface area contributed by atoms with Crippen LogP contribution in [0, 0.1) is 0 Å². The largest absolute Gasteiger partial charge is 0.344 e. The van der Waals surface area contributed by atoms with Gasteiger partial charge in [0.2, 0.25) is 5.91 Å². The third-order valence-corrected chi connectivity index (χ3v) is 2.94. The van der Waals surface area contributed by atoms with E-state index < -0.39 is 0 Å². The van der Waals surface area contributed by atoms with Gasteiger partial charge in [-0.2, -0.15) is 0 Å². The van der Waals surface area contributed by atoms with Gasteiger partial charge >= 0.3 is 0 Å². The lowest BCUT2D eigenvalue weighted by molar-refractivity contribution is -0.130. The predicted octanol–water partition coefficient (Wildman–Crippen LogP) is -0.112. The van der Waals surface area contributed by atoms with Gasteiger partial charge in [0.15, 0.2) is 0 Å². The maximum absolute atomic E-state index is 11.5. The summed E-state index contributed by atoms with van der Waals surface area (Å²) in [4.78, 5) is 15.6. The minimum Gasteiger partial charge on any atom is -0.344 e. The van der Waals surface area contributed by atoms with Crippen molar-refractivity contribution in [3.63, 3.8) is 0 Å². The van der Waals surface area contributed by atoms with E-state index in [1.165, 1.54) is 12.8 Å². The molecule has 82 valence electrons. The highest BCUT2D eigenvalue weighted by molar-refractivity contribution is 5.76. The van der Waals surface area contributed by atoms with E-state index in [1.807, 2.05) is 7.05 Å². The molecule has 1 rings (SSSR count). The number of nitrogens with zero attached hydrogens (tertiary/aromatic N) is 2. The van der Waals surface area contributed by atoms with E-state index in [4.69, 9.17) is 5.73 Å². The van der Waals surface area contributed by atoms with Gasteiger partial charge in [-0.3, -0.25) is 4.79 Å². The Bertz CT molecular complexity index is 196. The standard InChI is InChI=1S/C10H21N3O/c1-12-7-3-4-9(12)8-13(2)10(14)5-6-11/h9H,3-8,11H2,1-2H3. The molecule has 1 atom stereocenters. The number of likely N-dealkylation sites (tertiary alicyclic amines) is 1. The predicted molar refractivity (Wildman–Crippen MR) is 57.0 cm³/mol. The lowest BCUT2D eigenvalue weighted by atomic mass is 10.2. The van der Waals surface area contributed by atoms with E-state index in [9.17, 15) is 4.79 Å². The van der Waals surface area contributed by atoms with Gasteiger partial charge in [0.25, 0.3) is 0 Å². The zero-order valence-corrected chi connectivity index (χ0v) is 9.20. The molecule has 0 aromatic heterocycles. The van der Waals surface area contributed by atoms with Crippen LogP contribution in [0.15, 0.2) is 0 Å². The van der Waals surface area contributed by atoms with Crippen molar-refractivity contribution in [2.24, 2.45) is 5.73 Å². The summed E-state index contributed by atoms with van der Waals surface area (Å²) in [5.41, 5.74) is 5.34. The van der Waals surface area contributed by atoms with Crippen LogP contribution in [0.25, 0.3) is 0 Å². The molecule has 4 nitrogen and oxygen atoms in total. The van der Waals surface area contributed by atoms with Crippen molar-refractivity contribution in [1.82, 2.24) is 9.80 Å². The van der Waals surface area contributed by atoms with Crippen molar-refractivity contribution in [3.8, 4) is 0 Å². The molecule has 0 spiro atoms. The van der Waals surface area contributed by atoms with Crippen LogP contribution in [0.1, 0.15) is 19.3 Å². The van der Waals surface area contributed by atoms with Crippen LogP contribution in [-0.2, 0) is 4.79 Å². The molecule has 1 heterocycles. The van der Waals surface area contributed by atoms with Gasteiger partial charge in [-0.1, -0.05) is 0 Å². The summed E-state index contributed by atoms with van der Waals surface area (Å²) < 4.78 is 0. The number of rotatable bonds is 4. The van der Waals surface area contributed by atoms with Crippen molar-refractivity contribution in [1.29, 1.82) is 0 Å². The first kappa shape index (κ1) is 11.5. The molecule has 14 heavy (non-hydrogen) atoms. The Kier molecular flexibility index (Phi) is 4.35. The van der Waals surface area contributed by atoms with Gasteiger partial charge in [-0.05, 0) is 26.4 Å². The zero-order chi connectivity index (χ0) is 10.6. The van der Waals surface area contributed by atoms with Crippen LogP contribution in [0.5, 0.6) is 0 Å². The number of likely N-dealkylation sites (N-methyl/N-ethyl adjacent to an activating group) is 2. The topological polar surface area (TPSA) is 49.6 Å². The first-order chi connectivity index (χ1) is 6.65. The van der Waals surface area contributed by atoms with E-state index in [-0.39, 0.29) is 5.91 Å². The van der Waals surface area contributed by atoms with Crippen LogP contribution < -0.4 is 5.73 Å². The van der Waals surface area contributed by atoms with Gasteiger partial charge < -0.3 is 15.5 Å². The lowest BCUT2D eigenvalue weighted by Gasteiger charge is -2.25. The Hall–Kier alpha value is -0.610. The first-order valence-corrected chi connectivity index (χ1v) is 5.29. The Morgan fingerprint density at radius 1 is 1.64 bits per heavy atom. The van der Waals surface area contributed by atoms with E-state index in [1.54, 1.807) is 4.90 Å². The van der Waals surface area contributed by atoms with E-state index in [0.29, 0.717) is 19.0 Å². The highest BCUT2D eigenvalue weighted by Gasteiger charge is 2.23. The van der Waals surface area contributed by atoms with Crippen molar-refractivity contribution in [2.75, 3.05) is 33.7 Å². The summed E-state index contributed by atoms with van der Waals surface area (Å²) >= 11 is 0. The van der Waals surface area contributed by atoms with Crippen LogP contribution in [0.3, 0.4) is 0 Å². The highest BCUT2D eigenvalue weighted by Crippen LogP contribution is 2.15. The fourth-order valence-electron chi connectivity index (χ4n) is 1.94. The lowest BCUT2D eigenvalue weighted by Crippen LogP contribution is -2.40. The molecule has 1 aliphatic heterocycles. The minimum atomic E-state index is 0.160. The summed E-state index contributed by atoms with van der Waals surface area (Å²) in [5, 5.41) is 0. The van der Waals surface area contributed by atoms with Gasteiger partial charge in [0, 0.05) is 32.6 Å². The Balaban J connectivity index is 2.32. The quantitative estimate of drug-likeness (QED) is 0.687. The second kappa shape index (κ2) is 5.32. The highest BCUT2D eigenvalue weighted by atomic mass is 16.2. The van der Waals surface area contributed by atoms with E-state index in [0.717, 1.165) is 13.1 Å². The number of hydrogen-bond donors (Lipinski definition) is 1. The Morgan fingerprint density at radius 2 is 2.36 bits per heavy atom. The molecule has 0 radical (unpaired) electrons. The second-order valence-corrected chi connectivity index (χ2v) is 4.09. The molecule has 1 saturated heterocycles. The van der Waals surface area contributed by atoms with E-state index >= 15 is 0 Å². The molecule has 2 N–H and O–H groups in total. The van der Waals surface area contributed by atoms with E-state index in [2.05, 4.69) is 11.9 Å². The SMILES string of the molecule is CN(CC1CCCN1C)C(=O)CCN. The summed E-state index contributed by atoms with van der Waals surface area (Å²) in [6.45, 7) is 2.45. The molecule has 1 fully saturated rings. The summed E-state index contributed by atoms with van der Waals surface area (Å²) in [6.07, 6.45) is 2.92. The summed E-state index contributed by atoms with van der Waals surface area (Å²) in [7, 11) is 3.99. The Labute approximate surface area is 86.0 Å². The molecule has 0 aromatic rings. The minimum absolute atomic E-state index is 0.160. The molecule has 0 saturated carbocycles. The average Bonchev–Trinajstić information content (AvgIpc) is 2.52. The van der Waals surface area contributed by atoms with Crippen LogP contribution in [-0.4, -0.2) is 55.5 Å².